The van der Waals surface area contributed by atoms with Crippen LogP contribution in [0.25, 0.3) is 15.9 Å². The van der Waals surface area contributed by atoms with Crippen molar-refractivity contribution in [1.29, 1.82) is 0 Å². The van der Waals surface area contributed by atoms with E-state index in [9.17, 15) is 23.1 Å². The molecule has 3 nitrogen and oxygen atoms in total. The van der Waals surface area contributed by atoms with Gasteiger partial charge in [-0.25, -0.2) is 0 Å². The third kappa shape index (κ3) is 2.46. The Balaban J connectivity index is 2.26. The Bertz CT molecular complexity index is 930. The molecule has 0 bridgehead atoms. The smallest absolute Gasteiger partial charge is 0.416 e. The Kier molecular flexibility index (Phi) is 3.41. The van der Waals surface area contributed by atoms with Crippen molar-refractivity contribution in [3.8, 4) is 11.4 Å². The van der Waals surface area contributed by atoms with Crippen molar-refractivity contribution in [2.45, 2.75) is 6.18 Å². The number of phenolic OH excluding ortho intramolecular Hbond substituents is 1. The molecule has 0 spiro atoms. The zero-order valence-electron chi connectivity index (χ0n) is 10.7. The van der Waals surface area contributed by atoms with Crippen LogP contribution in [0.2, 0.25) is 5.02 Å². The highest BCUT2D eigenvalue weighted by Gasteiger charge is 2.31. The van der Waals surface area contributed by atoms with E-state index in [-0.39, 0.29) is 16.5 Å². The van der Waals surface area contributed by atoms with E-state index in [1.165, 1.54) is 16.7 Å². The maximum Gasteiger partial charge on any atom is 0.416 e. The van der Waals surface area contributed by atoms with Crippen LogP contribution >= 0.6 is 22.9 Å². The number of aromatic hydroxyl groups is 1. The second-order valence-corrected chi connectivity index (χ2v) is 5.92. The summed E-state index contributed by atoms with van der Waals surface area (Å²) < 4.78 is 39.8. The van der Waals surface area contributed by atoms with Crippen molar-refractivity contribution in [2.24, 2.45) is 0 Å². The van der Waals surface area contributed by atoms with Gasteiger partial charge in [-0.3, -0.25) is 9.36 Å². The van der Waals surface area contributed by atoms with Crippen molar-refractivity contribution >= 4 is 33.2 Å². The maximum absolute atomic E-state index is 12.7. The van der Waals surface area contributed by atoms with Gasteiger partial charge in [-0.05, 0) is 30.3 Å². The molecule has 1 aromatic heterocycles. The van der Waals surface area contributed by atoms with Gasteiger partial charge >= 0.3 is 11.0 Å². The number of alkyl halides is 3. The van der Waals surface area contributed by atoms with Gasteiger partial charge in [0.05, 0.1) is 26.5 Å². The first-order chi connectivity index (χ1) is 10.3. The Hall–Kier alpha value is -1.99. The average Bonchev–Trinajstić information content (AvgIpc) is 2.73. The third-order valence-electron chi connectivity index (χ3n) is 3.08. The minimum atomic E-state index is -4.51. The zero-order chi connectivity index (χ0) is 16.1. The zero-order valence-corrected chi connectivity index (χ0v) is 12.3. The van der Waals surface area contributed by atoms with E-state index in [1.807, 2.05) is 0 Å². The first-order valence-electron chi connectivity index (χ1n) is 5.99. The molecule has 3 aromatic rings. The molecule has 22 heavy (non-hydrogen) atoms. The number of aromatic nitrogens is 1. The highest BCUT2D eigenvalue weighted by atomic mass is 35.5. The fourth-order valence-corrected chi connectivity index (χ4v) is 3.23. The van der Waals surface area contributed by atoms with Crippen LogP contribution < -0.4 is 4.87 Å². The predicted molar refractivity (Wildman–Crippen MR) is 79.1 cm³/mol. The highest BCUT2D eigenvalue weighted by Crippen LogP contribution is 2.34. The fourth-order valence-electron chi connectivity index (χ4n) is 2.10. The molecule has 0 unspecified atom stereocenters. The molecule has 2 aromatic carbocycles. The second-order valence-electron chi connectivity index (χ2n) is 4.52. The van der Waals surface area contributed by atoms with E-state index in [0.29, 0.717) is 10.2 Å². The summed E-state index contributed by atoms with van der Waals surface area (Å²) in [4.78, 5) is 11.7. The van der Waals surface area contributed by atoms with Crippen LogP contribution in [-0.2, 0) is 6.18 Å². The summed E-state index contributed by atoms with van der Waals surface area (Å²) in [5.41, 5.74) is -0.371. The average molecular weight is 346 g/mol. The Morgan fingerprint density at radius 2 is 1.86 bits per heavy atom. The number of fused-ring (bicyclic) bond motifs is 1. The standard InChI is InChI=1S/C14H7ClF3NO2S/c15-9-5-7(14(16,17)18)1-3-10(9)19-11-6-8(20)2-4-12(11)22-13(19)21/h1-6,20H. The number of hydrogen-bond donors (Lipinski definition) is 1. The van der Waals surface area contributed by atoms with Gasteiger partial charge in [0.1, 0.15) is 5.75 Å². The number of nitrogens with zero attached hydrogens (tertiary/aromatic N) is 1. The fraction of sp³-hybridized carbons (Fsp3) is 0.0714. The van der Waals surface area contributed by atoms with Crippen LogP contribution in [0.15, 0.2) is 41.2 Å². The van der Waals surface area contributed by atoms with E-state index in [0.717, 1.165) is 29.5 Å². The first-order valence-corrected chi connectivity index (χ1v) is 7.18. The molecule has 0 aliphatic rings. The highest BCUT2D eigenvalue weighted by molar-refractivity contribution is 7.16. The van der Waals surface area contributed by atoms with Gasteiger partial charge in [-0.15, -0.1) is 0 Å². The van der Waals surface area contributed by atoms with Gasteiger partial charge in [0.25, 0.3) is 0 Å². The molecule has 0 saturated carbocycles. The third-order valence-corrected chi connectivity index (χ3v) is 4.30. The molecule has 0 aliphatic heterocycles. The molecule has 1 heterocycles. The minimum Gasteiger partial charge on any atom is -0.508 e. The molecule has 1 N–H and O–H groups in total. The quantitative estimate of drug-likeness (QED) is 0.709. The van der Waals surface area contributed by atoms with Crippen molar-refractivity contribution in [1.82, 2.24) is 4.57 Å². The predicted octanol–water partition coefficient (Wildman–Crippen LogP) is 4.43. The molecule has 0 atom stereocenters. The lowest BCUT2D eigenvalue weighted by atomic mass is 10.2. The molecule has 0 amide bonds. The van der Waals surface area contributed by atoms with Gasteiger partial charge < -0.3 is 5.11 Å². The molecule has 0 radical (unpaired) electrons. The molecule has 0 saturated heterocycles. The van der Waals surface area contributed by atoms with Gasteiger partial charge in [0.2, 0.25) is 0 Å². The van der Waals surface area contributed by atoms with E-state index >= 15 is 0 Å². The summed E-state index contributed by atoms with van der Waals surface area (Å²) in [6, 6.07) is 7.13. The molecule has 0 fully saturated rings. The lowest BCUT2D eigenvalue weighted by molar-refractivity contribution is -0.137. The van der Waals surface area contributed by atoms with Crippen LogP contribution in [-0.4, -0.2) is 9.67 Å². The van der Waals surface area contributed by atoms with Crippen LogP contribution in [0, 0.1) is 0 Å². The van der Waals surface area contributed by atoms with Crippen LogP contribution in [0.3, 0.4) is 0 Å². The number of phenols is 1. The number of benzene rings is 2. The summed E-state index contributed by atoms with van der Waals surface area (Å²) >= 11 is 6.84. The monoisotopic (exact) mass is 345 g/mol. The van der Waals surface area contributed by atoms with Gasteiger partial charge in [0, 0.05) is 6.07 Å². The molecule has 3 rings (SSSR count). The van der Waals surface area contributed by atoms with Crippen LogP contribution in [0.1, 0.15) is 5.56 Å². The second kappa shape index (κ2) is 5.03. The van der Waals surface area contributed by atoms with E-state index in [4.69, 9.17) is 11.6 Å². The van der Waals surface area contributed by atoms with Crippen LogP contribution in [0.4, 0.5) is 13.2 Å². The topological polar surface area (TPSA) is 42.2 Å². The SMILES string of the molecule is O=c1sc2ccc(O)cc2n1-c1ccc(C(F)(F)F)cc1Cl. The number of halogens is 4. The molecule has 114 valence electrons. The summed E-state index contributed by atoms with van der Waals surface area (Å²) in [5, 5.41) is 9.34. The first kappa shape index (κ1) is 14.9. The van der Waals surface area contributed by atoms with Crippen molar-refractivity contribution in [3.63, 3.8) is 0 Å². The molecule has 8 heteroatoms. The lowest BCUT2D eigenvalue weighted by Gasteiger charge is -2.11. The van der Waals surface area contributed by atoms with E-state index in [1.54, 1.807) is 6.07 Å². The summed E-state index contributed by atoms with van der Waals surface area (Å²) in [6.45, 7) is 0. The normalized spacial score (nSPS) is 12.0. The molecular formula is C14H7ClF3NO2S. The summed E-state index contributed by atoms with van der Waals surface area (Å²) in [6.07, 6.45) is -4.51. The Morgan fingerprint density at radius 1 is 1.14 bits per heavy atom. The maximum atomic E-state index is 12.7. The lowest BCUT2D eigenvalue weighted by Crippen LogP contribution is -2.12. The van der Waals surface area contributed by atoms with E-state index < -0.39 is 16.6 Å². The largest absolute Gasteiger partial charge is 0.508 e. The van der Waals surface area contributed by atoms with Gasteiger partial charge in [0.15, 0.2) is 0 Å². The number of rotatable bonds is 1. The summed E-state index contributed by atoms with van der Waals surface area (Å²) in [5.74, 6) is -0.0536. The van der Waals surface area contributed by atoms with Crippen LogP contribution in [0.5, 0.6) is 5.75 Å². The molecular weight excluding hydrogens is 339 g/mol. The number of hydrogen-bond acceptors (Lipinski definition) is 3. The Labute approximate surface area is 130 Å². The minimum absolute atomic E-state index is 0.0536. The molecule has 0 aliphatic carbocycles. The summed E-state index contributed by atoms with van der Waals surface area (Å²) in [7, 11) is 0. The van der Waals surface area contributed by atoms with Gasteiger partial charge in [-0.2, -0.15) is 13.2 Å². The number of thiazole rings is 1. The van der Waals surface area contributed by atoms with E-state index in [2.05, 4.69) is 0 Å². The van der Waals surface area contributed by atoms with Gasteiger partial charge in [-0.1, -0.05) is 22.9 Å². The van der Waals surface area contributed by atoms with Crippen molar-refractivity contribution in [2.75, 3.05) is 0 Å². The van der Waals surface area contributed by atoms with Crippen molar-refractivity contribution in [3.05, 3.63) is 56.7 Å². The van der Waals surface area contributed by atoms with Crippen molar-refractivity contribution < 1.29 is 18.3 Å². The Morgan fingerprint density at radius 3 is 2.50 bits per heavy atom.